The first kappa shape index (κ1) is 24.5. The molecule has 2 N–H and O–H groups in total. The minimum absolute atomic E-state index is 0.232. The van der Waals surface area contributed by atoms with Crippen molar-refractivity contribution < 1.29 is 4.39 Å². The highest BCUT2D eigenvalue weighted by Gasteiger charge is 2.15. The van der Waals surface area contributed by atoms with Gasteiger partial charge in [-0.2, -0.15) is 0 Å². The molecule has 2 aromatic carbocycles. The number of nitrogens with one attached hydrogen (secondary N) is 2. The van der Waals surface area contributed by atoms with Gasteiger partial charge in [-0.1, -0.05) is 36.9 Å². The molecule has 4 aromatic rings. The van der Waals surface area contributed by atoms with Crippen molar-refractivity contribution in [1.82, 2.24) is 14.9 Å². The monoisotopic (exact) mass is 491 g/mol. The molecule has 186 valence electrons. The normalized spacial score (nSPS) is 13.1. The Kier molecular flexibility index (Phi) is 7.19. The summed E-state index contributed by atoms with van der Waals surface area (Å²) in [6.45, 7) is 9.32. The third kappa shape index (κ3) is 5.81. The van der Waals surface area contributed by atoms with E-state index in [9.17, 15) is 4.39 Å². The van der Waals surface area contributed by atoms with Gasteiger partial charge in [-0.05, 0) is 79.0 Å². The maximum absolute atomic E-state index is 14.0. The molecule has 0 unspecified atom stereocenters. The van der Waals surface area contributed by atoms with E-state index in [0.717, 1.165) is 53.3 Å². The van der Waals surface area contributed by atoms with Crippen LogP contribution in [0.15, 0.2) is 91.5 Å². The SMILES string of the molecule is C=C(Nc1ccc(Cc2ccccc2F)nc1)C(=N)c1cc(-c2cncc(CN3CCC3)c2)ccc1C. The van der Waals surface area contributed by atoms with Crippen molar-refractivity contribution in [2.45, 2.75) is 26.3 Å². The summed E-state index contributed by atoms with van der Waals surface area (Å²) < 4.78 is 14.0. The second kappa shape index (κ2) is 10.8. The van der Waals surface area contributed by atoms with Crippen molar-refractivity contribution in [3.05, 3.63) is 125 Å². The first-order valence-corrected chi connectivity index (χ1v) is 12.5. The Hall–Kier alpha value is -4.16. The molecule has 0 saturated carbocycles. The second-order valence-electron chi connectivity index (χ2n) is 9.53. The van der Waals surface area contributed by atoms with Crippen LogP contribution in [-0.2, 0) is 13.0 Å². The van der Waals surface area contributed by atoms with Gasteiger partial charge in [-0.25, -0.2) is 4.39 Å². The van der Waals surface area contributed by atoms with E-state index in [1.807, 2.05) is 49.6 Å². The zero-order valence-corrected chi connectivity index (χ0v) is 21.0. The molecular weight excluding hydrogens is 461 g/mol. The number of pyridine rings is 2. The van der Waals surface area contributed by atoms with Crippen LogP contribution in [0.3, 0.4) is 0 Å². The predicted molar refractivity (Wildman–Crippen MR) is 147 cm³/mol. The Morgan fingerprint density at radius 2 is 1.86 bits per heavy atom. The van der Waals surface area contributed by atoms with Crippen molar-refractivity contribution in [3.63, 3.8) is 0 Å². The molecule has 0 radical (unpaired) electrons. The smallest absolute Gasteiger partial charge is 0.126 e. The fourth-order valence-electron chi connectivity index (χ4n) is 4.44. The number of aromatic nitrogens is 2. The van der Waals surface area contributed by atoms with E-state index >= 15 is 0 Å². The van der Waals surface area contributed by atoms with Gasteiger partial charge in [0.05, 0.1) is 23.3 Å². The third-order valence-corrected chi connectivity index (χ3v) is 6.74. The Balaban J connectivity index is 1.28. The van der Waals surface area contributed by atoms with Crippen molar-refractivity contribution in [2.75, 3.05) is 18.4 Å². The van der Waals surface area contributed by atoms with Crippen LogP contribution >= 0.6 is 0 Å². The van der Waals surface area contributed by atoms with Gasteiger partial charge in [0.2, 0.25) is 0 Å². The molecule has 5 rings (SSSR count). The molecule has 0 aliphatic carbocycles. The van der Waals surface area contributed by atoms with E-state index in [-0.39, 0.29) is 5.82 Å². The van der Waals surface area contributed by atoms with Gasteiger partial charge < -0.3 is 5.32 Å². The summed E-state index contributed by atoms with van der Waals surface area (Å²) in [6, 6.07) is 18.8. The fourth-order valence-corrected chi connectivity index (χ4v) is 4.44. The molecule has 1 aliphatic heterocycles. The summed E-state index contributed by atoms with van der Waals surface area (Å²) >= 11 is 0. The number of likely N-dealkylation sites (tertiary alicyclic amines) is 1. The average Bonchev–Trinajstić information content (AvgIpc) is 2.89. The van der Waals surface area contributed by atoms with Crippen molar-refractivity contribution in [2.24, 2.45) is 0 Å². The number of anilines is 1. The zero-order valence-electron chi connectivity index (χ0n) is 21.0. The number of hydrogen-bond donors (Lipinski definition) is 2. The number of rotatable bonds is 9. The Labute approximate surface area is 217 Å². The molecule has 0 bridgehead atoms. The van der Waals surface area contributed by atoms with E-state index < -0.39 is 0 Å². The fraction of sp³-hybridized carbons (Fsp3) is 0.194. The lowest BCUT2D eigenvalue weighted by atomic mass is 9.96. The van der Waals surface area contributed by atoms with Crippen LogP contribution in [0.5, 0.6) is 0 Å². The average molecular weight is 492 g/mol. The Morgan fingerprint density at radius 3 is 2.59 bits per heavy atom. The lowest BCUT2D eigenvalue weighted by Gasteiger charge is -2.30. The number of allylic oxidation sites excluding steroid dienone is 1. The zero-order chi connectivity index (χ0) is 25.8. The second-order valence-corrected chi connectivity index (χ2v) is 9.53. The molecular formula is C31H30FN5. The highest BCUT2D eigenvalue weighted by molar-refractivity contribution is 6.13. The largest absolute Gasteiger partial charge is 0.353 e. The summed E-state index contributed by atoms with van der Waals surface area (Å²) in [7, 11) is 0. The molecule has 1 fully saturated rings. The van der Waals surface area contributed by atoms with E-state index in [0.29, 0.717) is 23.4 Å². The molecule has 2 aromatic heterocycles. The number of hydrogen-bond acceptors (Lipinski definition) is 5. The lowest BCUT2D eigenvalue weighted by molar-refractivity contribution is 0.172. The minimum atomic E-state index is -0.232. The van der Waals surface area contributed by atoms with Gasteiger partial charge in [-0.3, -0.25) is 20.3 Å². The molecule has 5 nitrogen and oxygen atoms in total. The summed E-state index contributed by atoms with van der Waals surface area (Å²) in [5.41, 5.74) is 7.98. The quantitative estimate of drug-likeness (QED) is 0.267. The molecule has 6 heteroatoms. The van der Waals surface area contributed by atoms with Crippen molar-refractivity contribution in [1.29, 1.82) is 5.41 Å². The minimum Gasteiger partial charge on any atom is -0.353 e. The third-order valence-electron chi connectivity index (χ3n) is 6.74. The summed E-state index contributed by atoms with van der Waals surface area (Å²) in [5.74, 6) is -0.232. The highest BCUT2D eigenvalue weighted by Crippen LogP contribution is 2.25. The van der Waals surface area contributed by atoms with Gasteiger partial charge in [0.25, 0.3) is 0 Å². The van der Waals surface area contributed by atoms with Gasteiger partial charge in [0.1, 0.15) is 5.82 Å². The summed E-state index contributed by atoms with van der Waals surface area (Å²) in [5, 5.41) is 12.0. The van der Waals surface area contributed by atoms with Gasteiger partial charge >= 0.3 is 0 Å². The highest BCUT2D eigenvalue weighted by atomic mass is 19.1. The standard InChI is InChI=1S/C31H30FN5/c1-21-8-9-24(26-14-23(17-34-18-26)20-37-12-5-13-37)16-29(21)31(33)22(2)36-28-11-10-27(35-19-28)15-25-6-3-4-7-30(25)32/h3-4,6-11,14,16-19,33,36H,2,5,12-13,15,20H2,1H3. The number of benzene rings is 2. The van der Waals surface area contributed by atoms with Crippen LogP contribution < -0.4 is 5.32 Å². The Morgan fingerprint density at radius 1 is 1.03 bits per heavy atom. The van der Waals surface area contributed by atoms with Crippen molar-refractivity contribution >= 4 is 11.4 Å². The Bertz CT molecular complexity index is 1440. The van der Waals surface area contributed by atoms with Crippen LogP contribution in [0, 0.1) is 18.2 Å². The summed E-state index contributed by atoms with van der Waals surface area (Å²) in [4.78, 5) is 11.3. The molecule has 0 spiro atoms. The topological polar surface area (TPSA) is 64.9 Å². The predicted octanol–water partition coefficient (Wildman–Crippen LogP) is 6.38. The number of nitrogens with zero attached hydrogens (tertiary/aromatic N) is 3. The van der Waals surface area contributed by atoms with Gasteiger partial charge in [-0.15, -0.1) is 0 Å². The molecule has 0 atom stereocenters. The number of aryl methyl sites for hydroxylation is 1. The first-order chi connectivity index (χ1) is 18.0. The van der Waals surface area contributed by atoms with Gasteiger partial charge in [0.15, 0.2) is 0 Å². The van der Waals surface area contributed by atoms with E-state index in [1.54, 1.807) is 18.3 Å². The lowest BCUT2D eigenvalue weighted by Crippen LogP contribution is -2.36. The van der Waals surface area contributed by atoms with Crippen LogP contribution in [0.25, 0.3) is 11.1 Å². The number of halogens is 1. The van der Waals surface area contributed by atoms with Crippen molar-refractivity contribution in [3.8, 4) is 11.1 Å². The molecule has 1 aliphatic rings. The van der Waals surface area contributed by atoms with E-state index in [1.165, 1.54) is 18.1 Å². The molecule has 37 heavy (non-hydrogen) atoms. The molecule has 3 heterocycles. The van der Waals surface area contributed by atoms with Crippen LogP contribution in [0.4, 0.5) is 10.1 Å². The molecule has 1 saturated heterocycles. The van der Waals surface area contributed by atoms with E-state index in [4.69, 9.17) is 5.41 Å². The van der Waals surface area contributed by atoms with Gasteiger partial charge in [0, 0.05) is 42.2 Å². The summed E-state index contributed by atoms with van der Waals surface area (Å²) in [6.07, 6.45) is 7.18. The maximum atomic E-state index is 14.0. The van der Waals surface area contributed by atoms with Crippen LogP contribution in [-0.4, -0.2) is 33.7 Å². The first-order valence-electron chi connectivity index (χ1n) is 12.5. The van der Waals surface area contributed by atoms with Crippen LogP contribution in [0.1, 0.15) is 34.4 Å². The van der Waals surface area contributed by atoms with E-state index in [2.05, 4.69) is 38.9 Å². The maximum Gasteiger partial charge on any atom is 0.126 e. The molecule has 0 amide bonds. The van der Waals surface area contributed by atoms with Crippen LogP contribution in [0.2, 0.25) is 0 Å².